The average Bonchev–Trinajstić information content (AvgIpc) is 3.09. The Morgan fingerprint density at radius 2 is 1.20 bits per heavy atom. The highest BCUT2D eigenvalue weighted by Crippen LogP contribution is 2.30. The van der Waals surface area contributed by atoms with Crippen LogP contribution in [0.3, 0.4) is 0 Å². The smallest absolute Gasteiger partial charge is 0.329 e. The summed E-state index contributed by atoms with van der Waals surface area (Å²) in [6.07, 6.45) is 26.8. The Labute approximate surface area is 309 Å². The molecule has 298 valence electrons. The van der Waals surface area contributed by atoms with Crippen molar-refractivity contribution in [2.45, 2.75) is 161 Å². The Bertz CT molecular complexity index is 878. The molecule has 0 aromatic rings. The molecule has 1 rings (SSSR count). The summed E-state index contributed by atoms with van der Waals surface area (Å²) in [5.74, 6) is -1.90. The maximum Gasteiger partial charge on any atom is 0.329 e. The van der Waals surface area contributed by atoms with Crippen LogP contribution in [0.4, 0.5) is 0 Å². The summed E-state index contributed by atoms with van der Waals surface area (Å²) in [5, 5.41) is 20.9. The molecule has 11 nitrogen and oxygen atoms in total. The van der Waals surface area contributed by atoms with Gasteiger partial charge in [-0.05, 0) is 71.6 Å². The second kappa shape index (κ2) is 31.5. The first-order valence-electron chi connectivity index (χ1n) is 20.3. The summed E-state index contributed by atoms with van der Waals surface area (Å²) in [6.45, 7) is 9.49. The lowest BCUT2D eigenvalue weighted by molar-refractivity contribution is -0.956. The molecule has 2 atom stereocenters. The minimum absolute atomic E-state index is 0.106. The fourth-order valence-corrected chi connectivity index (χ4v) is 7.29. The third-order valence-electron chi connectivity index (χ3n) is 9.85. The molecule has 0 bridgehead atoms. The van der Waals surface area contributed by atoms with Crippen LogP contribution in [0.2, 0.25) is 0 Å². The lowest BCUT2D eigenvalue weighted by Crippen LogP contribution is -2.63. The fraction of sp³-hybridized carbons (Fsp3) is 0.875. The van der Waals surface area contributed by atoms with Crippen molar-refractivity contribution in [2.75, 3.05) is 65.8 Å². The van der Waals surface area contributed by atoms with Gasteiger partial charge in [0.15, 0.2) is 0 Å². The predicted octanol–water partition coefficient (Wildman–Crippen LogP) is 7.30. The number of hydrogen-bond donors (Lipinski definition) is 3. The highest BCUT2D eigenvalue weighted by Gasteiger charge is 2.40. The Kier molecular flexibility index (Phi) is 29.0. The Morgan fingerprint density at radius 1 is 0.706 bits per heavy atom. The van der Waals surface area contributed by atoms with Gasteiger partial charge in [-0.25, -0.2) is 9.59 Å². The standard InChI is InChI=1S/C40H74N2O9/c1-4-5-6-7-8-9-10-11-12-13-14-15-16-17-21-24-38(43)41-25-26-42(37-22-19-18-20-23-37,31-35(2)50-29-27-48-33-39(44)45)32-36(3)51-30-28-49-34-40(46)47/h11-12,35-37H,4-10,13-34H2,1-3H3,(H2-,41,43,44,45,46,47)/p+1/b12-11+. The number of hydrogen-bond acceptors (Lipinski definition) is 7. The van der Waals surface area contributed by atoms with Gasteiger partial charge in [-0.2, -0.15) is 0 Å². The molecule has 0 heterocycles. The first-order chi connectivity index (χ1) is 24.7. The quantitative estimate of drug-likeness (QED) is 0.0349. The minimum Gasteiger partial charge on any atom is -0.480 e. The number of quaternary nitrogens is 1. The van der Waals surface area contributed by atoms with Crippen molar-refractivity contribution in [1.82, 2.24) is 5.32 Å². The summed E-state index contributed by atoms with van der Waals surface area (Å²) in [7, 11) is 0. The first-order valence-corrected chi connectivity index (χ1v) is 20.3. The molecular weight excluding hydrogens is 652 g/mol. The molecule has 1 aliphatic carbocycles. The van der Waals surface area contributed by atoms with Gasteiger partial charge in [0, 0.05) is 6.42 Å². The summed E-state index contributed by atoms with van der Waals surface area (Å²) in [5.41, 5.74) is 0. The second-order valence-electron chi connectivity index (χ2n) is 14.5. The zero-order chi connectivity index (χ0) is 37.4. The van der Waals surface area contributed by atoms with E-state index in [0.29, 0.717) is 32.2 Å². The lowest BCUT2D eigenvalue weighted by atomic mass is 9.91. The average molecular weight is 728 g/mol. The van der Waals surface area contributed by atoms with E-state index in [-0.39, 0.29) is 44.5 Å². The molecule has 2 unspecified atom stereocenters. The normalized spacial score (nSPS) is 16.2. The predicted molar refractivity (Wildman–Crippen MR) is 202 cm³/mol. The number of carboxylic acid groups (broad SMARTS) is 2. The second-order valence-corrected chi connectivity index (χ2v) is 14.5. The van der Waals surface area contributed by atoms with E-state index in [0.717, 1.165) is 56.2 Å². The van der Waals surface area contributed by atoms with E-state index in [1.165, 1.54) is 83.5 Å². The number of nitrogens with one attached hydrogen (secondary N) is 1. The topological polar surface area (TPSA) is 141 Å². The fourth-order valence-electron chi connectivity index (χ4n) is 7.29. The van der Waals surface area contributed by atoms with Gasteiger partial charge in [0.25, 0.3) is 0 Å². The number of rotatable bonds is 35. The van der Waals surface area contributed by atoms with Crippen molar-refractivity contribution < 1.29 is 48.0 Å². The van der Waals surface area contributed by atoms with E-state index in [2.05, 4.69) is 24.4 Å². The van der Waals surface area contributed by atoms with Crippen molar-refractivity contribution in [1.29, 1.82) is 0 Å². The highest BCUT2D eigenvalue weighted by molar-refractivity contribution is 5.75. The van der Waals surface area contributed by atoms with Crippen LogP contribution in [0, 0.1) is 0 Å². The minimum atomic E-state index is -1.00. The van der Waals surface area contributed by atoms with Crippen LogP contribution in [0.5, 0.6) is 0 Å². The molecule has 0 aromatic carbocycles. The summed E-state index contributed by atoms with van der Waals surface area (Å²) >= 11 is 0. The maximum atomic E-state index is 12.9. The van der Waals surface area contributed by atoms with Crippen LogP contribution >= 0.6 is 0 Å². The molecule has 1 amide bonds. The maximum absolute atomic E-state index is 12.9. The van der Waals surface area contributed by atoms with Crippen LogP contribution in [-0.2, 0) is 33.3 Å². The first kappa shape index (κ1) is 47.0. The van der Waals surface area contributed by atoms with Gasteiger partial charge in [0.2, 0.25) is 5.91 Å². The van der Waals surface area contributed by atoms with E-state index in [1.54, 1.807) is 0 Å². The number of allylic oxidation sites excluding steroid dienone is 2. The monoisotopic (exact) mass is 728 g/mol. The van der Waals surface area contributed by atoms with Gasteiger partial charge < -0.3 is 39.0 Å². The van der Waals surface area contributed by atoms with Crippen molar-refractivity contribution in [2.24, 2.45) is 0 Å². The van der Waals surface area contributed by atoms with E-state index in [4.69, 9.17) is 29.2 Å². The van der Waals surface area contributed by atoms with Crippen molar-refractivity contribution in [3.63, 3.8) is 0 Å². The Balaban J connectivity index is 2.58. The summed E-state index contributed by atoms with van der Waals surface area (Å²) in [4.78, 5) is 34.5. The Morgan fingerprint density at radius 3 is 1.71 bits per heavy atom. The Hall–Kier alpha value is -2.05. The van der Waals surface area contributed by atoms with Crippen molar-refractivity contribution in [3.8, 4) is 0 Å². The van der Waals surface area contributed by atoms with Crippen LogP contribution in [0.15, 0.2) is 12.2 Å². The molecule has 11 heteroatoms. The van der Waals surface area contributed by atoms with E-state index >= 15 is 0 Å². The molecule has 3 N–H and O–H groups in total. The van der Waals surface area contributed by atoms with Gasteiger partial charge in [-0.15, -0.1) is 0 Å². The third-order valence-corrected chi connectivity index (χ3v) is 9.85. The molecule has 0 aromatic heterocycles. The molecule has 1 aliphatic rings. The summed E-state index contributed by atoms with van der Waals surface area (Å²) < 4.78 is 23.3. The number of aliphatic carboxylic acids is 2. The van der Waals surface area contributed by atoms with Crippen molar-refractivity contribution >= 4 is 17.8 Å². The molecule has 0 aliphatic heterocycles. The van der Waals surface area contributed by atoms with Gasteiger partial charge >= 0.3 is 11.9 Å². The van der Waals surface area contributed by atoms with Crippen molar-refractivity contribution in [3.05, 3.63) is 12.2 Å². The van der Waals surface area contributed by atoms with Gasteiger partial charge in [-0.3, -0.25) is 4.79 Å². The zero-order valence-electron chi connectivity index (χ0n) is 32.6. The summed E-state index contributed by atoms with van der Waals surface area (Å²) in [6, 6.07) is 0.407. The van der Waals surface area contributed by atoms with E-state index in [1.807, 2.05) is 13.8 Å². The molecular formula is C40H75N2O9+. The number of carbonyl (C=O) groups is 3. The molecule has 0 spiro atoms. The highest BCUT2D eigenvalue weighted by atomic mass is 16.5. The molecule has 0 radical (unpaired) electrons. The van der Waals surface area contributed by atoms with Crippen LogP contribution in [0.25, 0.3) is 0 Å². The molecule has 0 saturated heterocycles. The number of ether oxygens (including phenoxy) is 4. The van der Waals surface area contributed by atoms with Crippen LogP contribution < -0.4 is 5.32 Å². The largest absolute Gasteiger partial charge is 0.480 e. The number of amides is 1. The molecule has 1 fully saturated rings. The lowest BCUT2D eigenvalue weighted by Gasteiger charge is -2.49. The molecule has 51 heavy (non-hydrogen) atoms. The van der Waals surface area contributed by atoms with Crippen LogP contribution in [0.1, 0.15) is 143 Å². The SMILES string of the molecule is CCCCCCCC/C=C/CCCCCCCC(=O)NCC[N+](CC(C)OCCOCC(=O)O)(CC(C)OCCOCC(=O)O)C1CCCCC1. The van der Waals surface area contributed by atoms with Gasteiger partial charge in [0.1, 0.15) is 38.5 Å². The molecule has 1 saturated carbocycles. The number of unbranched alkanes of at least 4 members (excludes halogenated alkanes) is 11. The zero-order valence-corrected chi connectivity index (χ0v) is 32.6. The van der Waals surface area contributed by atoms with Gasteiger partial charge in [0.05, 0.1) is 45.6 Å². The van der Waals surface area contributed by atoms with Gasteiger partial charge in [-0.1, -0.05) is 76.9 Å². The number of carboxylic acids is 2. The van der Waals surface area contributed by atoms with Crippen LogP contribution in [-0.4, -0.2) is 117 Å². The van der Waals surface area contributed by atoms with E-state index in [9.17, 15) is 14.4 Å². The third kappa shape index (κ3) is 26.4. The van der Waals surface area contributed by atoms with E-state index < -0.39 is 11.9 Å². The number of carbonyl (C=O) groups excluding carboxylic acids is 1. The number of nitrogens with zero attached hydrogens (tertiary/aromatic N) is 1.